The highest BCUT2D eigenvalue weighted by molar-refractivity contribution is 5.25. The van der Waals surface area contributed by atoms with Gasteiger partial charge < -0.3 is 14.2 Å². The van der Waals surface area contributed by atoms with Gasteiger partial charge in [-0.05, 0) is 65.0 Å². The van der Waals surface area contributed by atoms with Crippen molar-refractivity contribution in [3.05, 3.63) is 35.4 Å². The summed E-state index contributed by atoms with van der Waals surface area (Å²) >= 11 is 0. The van der Waals surface area contributed by atoms with Crippen LogP contribution in [-0.2, 0) is 26.8 Å². The standard InChI is InChI=1S/C28H47F3O3/c1-6-7-8-9-10-11-12-19-26(34-27(32-22(2)3)33-23(4)5)20-14-13-16-24-17-15-18-25(21-24)28(29,30)31/h15,17-18,21-23,26-27H,6-14,16,19-20H2,1-5H3. The molecule has 0 saturated heterocycles. The molecule has 6 heteroatoms. The van der Waals surface area contributed by atoms with Crippen LogP contribution in [0.15, 0.2) is 24.3 Å². The first kappa shape index (κ1) is 30.9. The van der Waals surface area contributed by atoms with Crippen LogP contribution in [-0.4, -0.2) is 24.8 Å². The minimum atomic E-state index is -4.30. The maximum atomic E-state index is 13.0. The predicted octanol–water partition coefficient (Wildman–Crippen LogP) is 9.08. The first-order valence-electron chi connectivity index (χ1n) is 13.2. The molecule has 0 amide bonds. The number of rotatable bonds is 19. The van der Waals surface area contributed by atoms with Crippen LogP contribution >= 0.6 is 0 Å². The lowest BCUT2D eigenvalue weighted by molar-refractivity contribution is -0.327. The van der Waals surface area contributed by atoms with E-state index in [-0.39, 0.29) is 18.3 Å². The van der Waals surface area contributed by atoms with Crippen molar-refractivity contribution in [2.45, 2.75) is 143 Å². The molecule has 1 rings (SSSR count). The van der Waals surface area contributed by atoms with Crippen LogP contribution in [0, 0.1) is 0 Å². The van der Waals surface area contributed by atoms with Crippen molar-refractivity contribution in [3.63, 3.8) is 0 Å². The monoisotopic (exact) mass is 488 g/mol. The summed E-state index contributed by atoms with van der Waals surface area (Å²) in [6.07, 6.45) is 8.48. The molecule has 0 aliphatic carbocycles. The van der Waals surface area contributed by atoms with E-state index in [0.29, 0.717) is 6.42 Å². The van der Waals surface area contributed by atoms with Gasteiger partial charge in [-0.2, -0.15) is 13.2 Å². The van der Waals surface area contributed by atoms with E-state index in [0.717, 1.165) is 43.7 Å². The van der Waals surface area contributed by atoms with E-state index in [2.05, 4.69) is 6.92 Å². The molecule has 1 aromatic carbocycles. The molecule has 0 aliphatic heterocycles. The van der Waals surface area contributed by atoms with Crippen molar-refractivity contribution >= 4 is 0 Å². The molecule has 0 aromatic heterocycles. The third-order valence-electron chi connectivity index (χ3n) is 5.70. The van der Waals surface area contributed by atoms with Gasteiger partial charge in [-0.25, -0.2) is 0 Å². The predicted molar refractivity (Wildman–Crippen MR) is 133 cm³/mol. The number of alkyl halides is 3. The molecule has 0 saturated carbocycles. The Hall–Kier alpha value is -1.11. The molecule has 0 fully saturated rings. The number of halogens is 3. The summed E-state index contributed by atoms with van der Waals surface area (Å²) in [6, 6.07) is 5.64. The molecule has 0 bridgehead atoms. The van der Waals surface area contributed by atoms with Gasteiger partial charge >= 0.3 is 6.18 Å². The summed E-state index contributed by atoms with van der Waals surface area (Å²) in [5, 5.41) is 0. The van der Waals surface area contributed by atoms with E-state index in [1.807, 2.05) is 27.7 Å². The topological polar surface area (TPSA) is 27.7 Å². The highest BCUT2D eigenvalue weighted by atomic mass is 19.4. The van der Waals surface area contributed by atoms with Gasteiger partial charge in [0.1, 0.15) is 0 Å². The minimum absolute atomic E-state index is 0.0103. The molecular formula is C28H47F3O3. The molecule has 0 radical (unpaired) electrons. The molecule has 0 N–H and O–H groups in total. The zero-order valence-electron chi connectivity index (χ0n) is 22.0. The lowest BCUT2D eigenvalue weighted by atomic mass is 10.0. The van der Waals surface area contributed by atoms with E-state index in [4.69, 9.17) is 14.2 Å². The first-order chi connectivity index (χ1) is 16.1. The van der Waals surface area contributed by atoms with Gasteiger partial charge in [0.2, 0.25) is 0 Å². The summed E-state index contributed by atoms with van der Waals surface area (Å²) < 4.78 is 56.8. The van der Waals surface area contributed by atoms with Crippen molar-refractivity contribution < 1.29 is 27.4 Å². The van der Waals surface area contributed by atoms with Gasteiger partial charge in [0.05, 0.1) is 23.9 Å². The molecular weight excluding hydrogens is 441 g/mol. The van der Waals surface area contributed by atoms with Crippen molar-refractivity contribution in [1.29, 1.82) is 0 Å². The van der Waals surface area contributed by atoms with Crippen LogP contribution in [0.4, 0.5) is 13.2 Å². The van der Waals surface area contributed by atoms with E-state index < -0.39 is 18.2 Å². The average Bonchev–Trinajstić information content (AvgIpc) is 2.74. The number of benzene rings is 1. The van der Waals surface area contributed by atoms with Gasteiger partial charge in [-0.15, -0.1) is 0 Å². The highest BCUT2D eigenvalue weighted by Gasteiger charge is 2.30. The average molecular weight is 489 g/mol. The number of ether oxygens (including phenoxy) is 3. The lowest BCUT2D eigenvalue weighted by Gasteiger charge is -2.28. The second-order valence-electron chi connectivity index (χ2n) is 9.77. The summed E-state index contributed by atoms with van der Waals surface area (Å²) in [4.78, 5) is 0. The summed E-state index contributed by atoms with van der Waals surface area (Å²) in [5.74, 6) is 0. The normalized spacial score (nSPS) is 13.4. The zero-order valence-corrected chi connectivity index (χ0v) is 22.0. The minimum Gasteiger partial charge on any atom is -0.327 e. The van der Waals surface area contributed by atoms with Crippen molar-refractivity contribution in [1.82, 2.24) is 0 Å². The zero-order chi connectivity index (χ0) is 25.4. The van der Waals surface area contributed by atoms with Gasteiger partial charge in [-0.1, -0.05) is 76.5 Å². The number of hydrogen-bond donors (Lipinski definition) is 0. The Labute approximate surface area is 205 Å². The third-order valence-corrected chi connectivity index (χ3v) is 5.70. The van der Waals surface area contributed by atoms with Gasteiger partial charge in [-0.3, -0.25) is 0 Å². The van der Waals surface area contributed by atoms with E-state index in [1.165, 1.54) is 50.7 Å². The van der Waals surface area contributed by atoms with E-state index in [9.17, 15) is 13.2 Å². The van der Waals surface area contributed by atoms with Crippen LogP contribution in [0.5, 0.6) is 0 Å². The fourth-order valence-corrected chi connectivity index (χ4v) is 3.91. The Bertz CT molecular complexity index is 622. The molecule has 0 aliphatic rings. The van der Waals surface area contributed by atoms with Crippen LogP contribution in [0.2, 0.25) is 0 Å². The summed E-state index contributed by atoms with van der Waals surface area (Å²) in [6.45, 7) is 9.36. The molecule has 198 valence electrons. The van der Waals surface area contributed by atoms with Crippen molar-refractivity contribution in [3.8, 4) is 0 Å². The Balaban J connectivity index is 2.57. The molecule has 3 nitrogen and oxygen atoms in total. The van der Waals surface area contributed by atoms with Crippen LogP contribution < -0.4 is 0 Å². The molecule has 0 heterocycles. The first-order valence-corrected chi connectivity index (χ1v) is 13.2. The fraction of sp³-hybridized carbons (Fsp3) is 0.786. The maximum absolute atomic E-state index is 13.0. The van der Waals surface area contributed by atoms with E-state index in [1.54, 1.807) is 6.07 Å². The molecule has 1 atom stereocenters. The number of unbranched alkanes of at least 4 members (excludes halogenated alkanes) is 7. The van der Waals surface area contributed by atoms with Crippen LogP contribution in [0.1, 0.15) is 116 Å². The largest absolute Gasteiger partial charge is 0.416 e. The Morgan fingerprint density at radius 2 is 1.29 bits per heavy atom. The SMILES string of the molecule is CCCCCCCCCC(CCCCc1cccc(C(F)(F)F)c1)OC(OC(C)C)OC(C)C. The smallest absolute Gasteiger partial charge is 0.327 e. The maximum Gasteiger partial charge on any atom is 0.416 e. The second kappa shape index (κ2) is 17.3. The highest BCUT2D eigenvalue weighted by Crippen LogP contribution is 2.30. The Morgan fingerprint density at radius 3 is 1.85 bits per heavy atom. The summed E-state index contributed by atoms with van der Waals surface area (Å²) in [5.41, 5.74) is 0.146. The molecule has 34 heavy (non-hydrogen) atoms. The Morgan fingerprint density at radius 1 is 0.735 bits per heavy atom. The number of aryl methyl sites for hydroxylation is 1. The molecule has 1 unspecified atom stereocenters. The Kier molecular flexibility index (Phi) is 15.8. The fourth-order valence-electron chi connectivity index (χ4n) is 3.91. The molecule has 1 aromatic rings. The van der Waals surface area contributed by atoms with Crippen LogP contribution in [0.3, 0.4) is 0 Å². The van der Waals surface area contributed by atoms with Crippen molar-refractivity contribution in [2.24, 2.45) is 0 Å². The quantitative estimate of drug-likeness (QED) is 0.144. The van der Waals surface area contributed by atoms with Gasteiger partial charge in [0.15, 0.2) is 0 Å². The second-order valence-corrected chi connectivity index (χ2v) is 9.77. The van der Waals surface area contributed by atoms with Crippen LogP contribution in [0.25, 0.3) is 0 Å². The number of hydrogen-bond acceptors (Lipinski definition) is 3. The van der Waals surface area contributed by atoms with Crippen molar-refractivity contribution in [2.75, 3.05) is 0 Å². The molecule has 0 spiro atoms. The third kappa shape index (κ3) is 15.0. The van der Waals surface area contributed by atoms with Gasteiger partial charge in [0, 0.05) is 0 Å². The van der Waals surface area contributed by atoms with Gasteiger partial charge in [0.25, 0.3) is 6.48 Å². The lowest BCUT2D eigenvalue weighted by Crippen LogP contribution is -2.31. The van der Waals surface area contributed by atoms with E-state index >= 15 is 0 Å². The summed E-state index contributed by atoms with van der Waals surface area (Å²) in [7, 11) is 0.